The van der Waals surface area contributed by atoms with E-state index in [4.69, 9.17) is 10.5 Å². The topological polar surface area (TPSA) is 55.6 Å². The van der Waals surface area contributed by atoms with Gasteiger partial charge in [-0.25, -0.2) is 0 Å². The summed E-state index contributed by atoms with van der Waals surface area (Å²) < 4.78 is 5.65. The summed E-state index contributed by atoms with van der Waals surface area (Å²) in [7, 11) is 0. The van der Waals surface area contributed by atoms with Crippen LogP contribution in [0, 0.1) is 0 Å². The minimum atomic E-state index is -0.568. The summed E-state index contributed by atoms with van der Waals surface area (Å²) in [6.07, 6.45) is 2.22. The number of ether oxygens (including phenoxy) is 1. The number of benzene rings is 1. The second-order valence-corrected chi connectivity index (χ2v) is 4.95. The van der Waals surface area contributed by atoms with E-state index in [1.54, 1.807) is 0 Å². The number of carbonyl (C=O) groups excluding carboxylic acids is 1. The van der Waals surface area contributed by atoms with Crippen LogP contribution in [-0.4, -0.2) is 36.6 Å². The Balaban J connectivity index is 1.99. The molecular weight excluding hydrogens is 240 g/mol. The highest BCUT2D eigenvalue weighted by Crippen LogP contribution is 2.17. The molecule has 1 amide bonds. The van der Waals surface area contributed by atoms with Crippen LogP contribution in [0.15, 0.2) is 30.3 Å². The molecule has 2 N–H and O–H groups in total. The first kappa shape index (κ1) is 14.0. The molecule has 1 saturated heterocycles. The van der Waals surface area contributed by atoms with Crippen molar-refractivity contribution in [2.75, 3.05) is 19.7 Å². The minimum absolute atomic E-state index is 0.00407. The average Bonchev–Trinajstić information content (AvgIpc) is 2.47. The SMILES string of the molecule is CCC[C@@H]1CN(C(=O)[C@@H](N)c2ccccc2)CCO1. The maximum atomic E-state index is 12.4. The van der Waals surface area contributed by atoms with Crippen molar-refractivity contribution in [2.45, 2.75) is 31.9 Å². The quantitative estimate of drug-likeness (QED) is 0.898. The molecule has 1 heterocycles. The molecule has 0 radical (unpaired) electrons. The predicted molar refractivity (Wildman–Crippen MR) is 74.6 cm³/mol. The second-order valence-electron chi connectivity index (χ2n) is 4.95. The van der Waals surface area contributed by atoms with Gasteiger partial charge < -0.3 is 15.4 Å². The monoisotopic (exact) mass is 262 g/mol. The molecule has 1 fully saturated rings. The van der Waals surface area contributed by atoms with Crippen molar-refractivity contribution in [3.05, 3.63) is 35.9 Å². The van der Waals surface area contributed by atoms with E-state index in [0.717, 1.165) is 18.4 Å². The molecule has 0 aromatic heterocycles. The fraction of sp³-hybridized carbons (Fsp3) is 0.533. The highest BCUT2D eigenvalue weighted by Gasteiger charge is 2.27. The number of morpholine rings is 1. The second kappa shape index (κ2) is 6.68. The number of carbonyl (C=O) groups is 1. The molecule has 0 spiro atoms. The molecule has 0 saturated carbocycles. The largest absolute Gasteiger partial charge is 0.375 e. The molecule has 0 aliphatic carbocycles. The van der Waals surface area contributed by atoms with Crippen molar-refractivity contribution in [3.63, 3.8) is 0 Å². The van der Waals surface area contributed by atoms with E-state index in [9.17, 15) is 4.79 Å². The predicted octanol–water partition coefficient (Wildman–Crippen LogP) is 1.71. The molecule has 1 aliphatic rings. The van der Waals surface area contributed by atoms with Gasteiger partial charge in [-0.05, 0) is 12.0 Å². The maximum Gasteiger partial charge on any atom is 0.244 e. The molecule has 0 unspecified atom stereocenters. The van der Waals surface area contributed by atoms with Crippen LogP contribution in [0.2, 0.25) is 0 Å². The van der Waals surface area contributed by atoms with Crippen molar-refractivity contribution >= 4 is 5.91 Å². The highest BCUT2D eigenvalue weighted by molar-refractivity contribution is 5.83. The summed E-state index contributed by atoms with van der Waals surface area (Å²) >= 11 is 0. The first-order chi connectivity index (χ1) is 9.22. The number of nitrogens with two attached hydrogens (primary N) is 1. The Kier molecular flexibility index (Phi) is 4.93. The Morgan fingerprint density at radius 2 is 2.21 bits per heavy atom. The zero-order valence-electron chi connectivity index (χ0n) is 11.4. The number of hydrogen-bond acceptors (Lipinski definition) is 3. The van der Waals surface area contributed by atoms with Gasteiger partial charge in [-0.1, -0.05) is 43.7 Å². The summed E-state index contributed by atoms with van der Waals surface area (Å²) in [5.74, 6) is -0.00407. The number of hydrogen-bond donors (Lipinski definition) is 1. The summed E-state index contributed by atoms with van der Waals surface area (Å²) in [5, 5.41) is 0. The molecule has 1 aliphatic heterocycles. The Bertz CT molecular complexity index is 406. The van der Waals surface area contributed by atoms with Gasteiger partial charge in [-0.2, -0.15) is 0 Å². The van der Waals surface area contributed by atoms with Gasteiger partial charge in [0.2, 0.25) is 5.91 Å². The van der Waals surface area contributed by atoms with Gasteiger partial charge in [0.1, 0.15) is 6.04 Å². The lowest BCUT2D eigenvalue weighted by molar-refractivity contribution is -0.140. The minimum Gasteiger partial charge on any atom is -0.375 e. The van der Waals surface area contributed by atoms with Crippen LogP contribution < -0.4 is 5.73 Å². The van der Waals surface area contributed by atoms with Crippen LogP contribution in [0.5, 0.6) is 0 Å². The van der Waals surface area contributed by atoms with E-state index >= 15 is 0 Å². The fourth-order valence-electron chi connectivity index (χ4n) is 2.42. The van der Waals surface area contributed by atoms with Crippen LogP contribution >= 0.6 is 0 Å². The van der Waals surface area contributed by atoms with Crippen molar-refractivity contribution in [1.82, 2.24) is 4.90 Å². The van der Waals surface area contributed by atoms with Crippen LogP contribution in [0.3, 0.4) is 0 Å². The van der Waals surface area contributed by atoms with Crippen molar-refractivity contribution < 1.29 is 9.53 Å². The molecule has 2 rings (SSSR count). The van der Waals surface area contributed by atoms with E-state index in [2.05, 4.69) is 6.92 Å². The number of amides is 1. The van der Waals surface area contributed by atoms with E-state index in [1.807, 2.05) is 35.2 Å². The van der Waals surface area contributed by atoms with Crippen molar-refractivity contribution in [3.8, 4) is 0 Å². The first-order valence-corrected chi connectivity index (χ1v) is 6.93. The first-order valence-electron chi connectivity index (χ1n) is 6.93. The van der Waals surface area contributed by atoms with Crippen molar-refractivity contribution in [1.29, 1.82) is 0 Å². The molecule has 19 heavy (non-hydrogen) atoms. The zero-order valence-corrected chi connectivity index (χ0v) is 11.4. The van der Waals surface area contributed by atoms with Gasteiger partial charge in [-0.3, -0.25) is 4.79 Å². The molecule has 4 nitrogen and oxygen atoms in total. The zero-order chi connectivity index (χ0) is 13.7. The third-order valence-electron chi connectivity index (χ3n) is 3.49. The van der Waals surface area contributed by atoms with E-state index < -0.39 is 6.04 Å². The normalized spacial score (nSPS) is 21.2. The Morgan fingerprint density at radius 1 is 1.47 bits per heavy atom. The lowest BCUT2D eigenvalue weighted by atomic mass is 10.1. The third kappa shape index (κ3) is 3.55. The number of rotatable bonds is 4. The van der Waals surface area contributed by atoms with Gasteiger partial charge in [0, 0.05) is 13.1 Å². The van der Waals surface area contributed by atoms with E-state index in [0.29, 0.717) is 19.7 Å². The molecule has 1 aromatic carbocycles. The summed E-state index contributed by atoms with van der Waals surface area (Å²) in [5.41, 5.74) is 6.92. The average molecular weight is 262 g/mol. The van der Waals surface area contributed by atoms with Crippen LogP contribution in [0.25, 0.3) is 0 Å². The lowest BCUT2D eigenvalue weighted by Gasteiger charge is -2.34. The Morgan fingerprint density at radius 3 is 2.89 bits per heavy atom. The molecule has 2 atom stereocenters. The third-order valence-corrected chi connectivity index (χ3v) is 3.49. The Hall–Kier alpha value is -1.39. The number of nitrogens with zero attached hydrogens (tertiary/aromatic N) is 1. The van der Waals surface area contributed by atoms with Gasteiger partial charge >= 0.3 is 0 Å². The Labute approximate surface area is 114 Å². The van der Waals surface area contributed by atoms with Crippen LogP contribution in [0.1, 0.15) is 31.4 Å². The highest BCUT2D eigenvalue weighted by atomic mass is 16.5. The van der Waals surface area contributed by atoms with Crippen molar-refractivity contribution in [2.24, 2.45) is 5.73 Å². The maximum absolute atomic E-state index is 12.4. The van der Waals surface area contributed by atoms with Gasteiger partial charge in [0.05, 0.1) is 12.7 Å². The molecule has 104 valence electrons. The van der Waals surface area contributed by atoms with Gasteiger partial charge in [-0.15, -0.1) is 0 Å². The molecule has 1 aromatic rings. The van der Waals surface area contributed by atoms with E-state index in [-0.39, 0.29) is 12.0 Å². The van der Waals surface area contributed by atoms with Gasteiger partial charge in [0.15, 0.2) is 0 Å². The summed E-state index contributed by atoms with van der Waals surface area (Å²) in [4.78, 5) is 14.2. The molecule has 0 bridgehead atoms. The molecule has 4 heteroatoms. The van der Waals surface area contributed by atoms with Crippen LogP contribution in [-0.2, 0) is 9.53 Å². The summed E-state index contributed by atoms with van der Waals surface area (Å²) in [6.45, 7) is 4.03. The lowest BCUT2D eigenvalue weighted by Crippen LogP contribution is -2.48. The molecular formula is C15H22N2O2. The van der Waals surface area contributed by atoms with Crippen LogP contribution in [0.4, 0.5) is 0 Å². The summed E-state index contributed by atoms with van der Waals surface area (Å²) in [6, 6.07) is 8.95. The van der Waals surface area contributed by atoms with Gasteiger partial charge in [0.25, 0.3) is 0 Å². The standard InChI is InChI=1S/C15H22N2O2/c1-2-6-13-11-17(9-10-19-13)15(18)14(16)12-7-4-3-5-8-12/h3-5,7-8,13-14H,2,6,9-11,16H2,1H3/t13-,14+/m1/s1. The van der Waals surface area contributed by atoms with E-state index in [1.165, 1.54) is 0 Å². The smallest absolute Gasteiger partial charge is 0.244 e. The fourth-order valence-corrected chi connectivity index (χ4v) is 2.42.